The Kier molecular flexibility index (Phi) is 4.11. The Morgan fingerprint density at radius 2 is 1.82 bits per heavy atom. The highest BCUT2D eigenvalue weighted by Gasteiger charge is 2.21. The SMILES string of the molecule is Cc1ccc(-c2ccnc3c(C(=O)Nc4cnn(C)c4C(=O)O)cnn23)cc1. The summed E-state index contributed by atoms with van der Waals surface area (Å²) in [5.74, 6) is -1.70. The molecule has 140 valence electrons. The van der Waals surface area contributed by atoms with Crippen molar-refractivity contribution in [2.24, 2.45) is 7.05 Å². The predicted molar refractivity (Wildman–Crippen MR) is 101 cm³/mol. The molecule has 0 unspecified atom stereocenters. The number of rotatable bonds is 4. The maximum Gasteiger partial charge on any atom is 0.356 e. The minimum atomic E-state index is -1.19. The molecule has 4 aromatic rings. The summed E-state index contributed by atoms with van der Waals surface area (Å²) >= 11 is 0. The summed E-state index contributed by atoms with van der Waals surface area (Å²) in [6, 6.07) is 9.75. The highest BCUT2D eigenvalue weighted by molar-refractivity contribution is 6.10. The van der Waals surface area contributed by atoms with E-state index in [1.165, 1.54) is 24.1 Å². The van der Waals surface area contributed by atoms with Crippen LogP contribution in [0, 0.1) is 6.92 Å². The second-order valence-corrected chi connectivity index (χ2v) is 6.28. The minimum absolute atomic E-state index is 0.106. The monoisotopic (exact) mass is 376 g/mol. The molecular weight excluding hydrogens is 360 g/mol. The average Bonchev–Trinajstić information content (AvgIpc) is 3.26. The van der Waals surface area contributed by atoms with Crippen LogP contribution in [0.5, 0.6) is 0 Å². The molecule has 0 atom stereocenters. The molecule has 1 aromatic carbocycles. The average molecular weight is 376 g/mol. The van der Waals surface area contributed by atoms with Crippen LogP contribution in [-0.4, -0.2) is 41.4 Å². The quantitative estimate of drug-likeness (QED) is 0.565. The van der Waals surface area contributed by atoms with Crippen molar-refractivity contribution in [2.75, 3.05) is 5.32 Å². The Bertz CT molecular complexity index is 1210. The number of benzene rings is 1. The van der Waals surface area contributed by atoms with Crippen LogP contribution in [0.3, 0.4) is 0 Å². The fourth-order valence-electron chi connectivity index (χ4n) is 2.97. The molecule has 9 nitrogen and oxygen atoms in total. The lowest BCUT2D eigenvalue weighted by Gasteiger charge is -2.06. The minimum Gasteiger partial charge on any atom is -0.476 e. The zero-order valence-electron chi connectivity index (χ0n) is 15.1. The number of fused-ring (bicyclic) bond motifs is 1. The third-order valence-corrected chi connectivity index (χ3v) is 4.38. The summed E-state index contributed by atoms with van der Waals surface area (Å²) in [7, 11) is 1.49. The first kappa shape index (κ1) is 17.4. The maximum absolute atomic E-state index is 12.7. The van der Waals surface area contributed by atoms with Gasteiger partial charge in [0.15, 0.2) is 11.3 Å². The van der Waals surface area contributed by atoms with E-state index in [2.05, 4.69) is 20.5 Å². The second-order valence-electron chi connectivity index (χ2n) is 6.28. The first-order valence-electron chi connectivity index (χ1n) is 8.42. The second kappa shape index (κ2) is 6.62. The lowest BCUT2D eigenvalue weighted by Crippen LogP contribution is -2.15. The van der Waals surface area contributed by atoms with Crippen LogP contribution in [0.25, 0.3) is 16.9 Å². The molecule has 1 amide bonds. The maximum atomic E-state index is 12.7. The van der Waals surface area contributed by atoms with E-state index in [0.29, 0.717) is 5.65 Å². The number of hydrogen-bond donors (Lipinski definition) is 2. The molecule has 0 spiro atoms. The standard InChI is InChI=1S/C19H16N6O3/c1-11-3-5-12(6-4-11)15-7-8-20-17-13(9-22-25(15)17)18(26)23-14-10-21-24(2)16(14)19(27)28/h3-10H,1-2H3,(H,23,26)(H,27,28). The summed E-state index contributed by atoms with van der Waals surface area (Å²) in [6.45, 7) is 2.01. The van der Waals surface area contributed by atoms with E-state index in [9.17, 15) is 14.7 Å². The molecule has 0 aliphatic rings. The van der Waals surface area contributed by atoms with E-state index in [4.69, 9.17) is 0 Å². The largest absolute Gasteiger partial charge is 0.476 e. The number of carboxylic acids is 1. The number of carbonyl (C=O) groups is 2. The molecule has 0 saturated carbocycles. The third kappa shape index (κ3) is 2.88. The Balaban J connectivity index is 1.72. The van der Waals surface area contributed by atoms with Crippen LogP contribution in [0.4, 0.5) is 5.69 Å². The van der Waals surface area contributed by atoms with Gasteiger partial charge in [-0.3, -0.25) is 9.48 Å². The van der Waals surface area contributed by atoms with E-state index in [0.717, 1.165) is 16.8 Å². The van der Waals surface area contributed by atoms with Gasteiger partial charge in [-0.25, -0.2) is 14.3 Å². The molecule has 4 rings (SSSR count). The zero-order valence-corrected chi connectivity index (χ0v) is 15.1. The van der Waals surface area contributed by atoms with Gasteiger partial charge in [0.05, 0.1) is 23.8 Å². The zero-order chi connectivity index (χ0) is 19.8. The number of nitrogens with one attached hydrogen (secondary N) is 1. The van der Waals surface area contributed by atoms with Crippen molar-refractivity contribution in [3.05, 3.63) is 65.7 Å². The van der Waals surface area contributed by atoms with Crippen molar-refractivity contribution in [3.63, 3.8) is 0 Å². The van der Waals surface area contributed by atoms with E-state index in [1.807, 2.05) is 37.3 Å². The Morgan fingerprint density at radius 3 is 2.54 bits per heavy atom. The number of nitrogens with zero attached hydrogens (tertiary/aromatic N) is 5. The fraction of sp³-hybridized carbons (Fsp3) is 0.105. The third-order valence-electron chi connectivity index (χ3n) is 4.38. The molecule has 0 fully saturated rings. The number of hydrogen-bond acceptors (Lipinski definition) is 5. The summed E-state index contributed by atoms with van der Waals surface area (Å²) in [5, 5.41) is 20.0. The molecule has 3 aromatic heterocycles. The number of aromatic nitrogens is 5. The number of aryl methyl sites for hydroxylation is 2. The number of amides is 1. The topological polar surface area (TPSA) is 114 Å². The molecule has 2 N–H and O–H groups in total. The van der Waals surface area contributed by atoms with Crippen LogP contribution in [0.15, 0.2) is 48.9 Å². The highest BCUT2D eigenvalue weighted by Crippen LogP contribution is 2.22. The van der Waals surface area contributed by atoms with Gasteiger partial charge in [-0.15, -0.1) is 0 Å². The molecule has 3 heterocycles. The van der Waals surface area contributed by atoms with Crippen LogP contribution < -0.4 is 5.32 Å². The van der Waals surface area contributed by atoms with Gasteiger partial charge in [0.1, 0.15) is 5.56 Å². The first-order valence-corrected chi connectivity index (χ1v) is 8.42. The molecule has 0 saturated heterocycles. The van der Waals surface area contributed by atoms with Crippen molar-refractivity contribution in [2.45, 2.75) is 6.92 Å². The van der Waals surface area contributed by atoms with Crippen molar-refractivity contribution < 1.29 is 14.7 Å². The summed E-state index contributed by atoms with van der Waals surface area (Å²) in [5.41, 5.74) is 3.46. The van der Waals surface area contributed by atoms with Crippen LogP contribution in [-0.2, 0) is 7.05 Å². The van der Waals surface area contributed by atoms with Gasteiger partial charge < -0.3 is 10.4 Å². The number of carbonyl (C=O) groups excluding carboxylic acids is 1. The van der Waals surface area contributed by atoms with Gasteiger partial charge in [0.2, 0.25) is 0 Å². The lowest BCUT2D eigenvalue weighted by molar-refractivity contribution is 0.0686. The molecular formula is C19H16N6O3. The van der Waals surface area contributed by atoms with E-state index < -0.39 is 11.9 Å². The van der Waals surface area contributed by atoms with E-state index in [1.54, 1.807) is 10.7 Å². The Hall–Kier alpha value is -4.01. The lowest BCUT2D eigenvalue weighted by atomic mass is 10.1. The molecule has 9 heteroatoms. The fourth-order valence-corrected chi connectivity index (χ4v) is 2.97. The normalized spacial score (nSPS) is 10.9. The van der Waals surface area contributed by atoms with Crippen molar-refractivity contribution in [3.8, 4) is 11.3 Å². The number of anilines is 1. The van der Waals surface area contributed by atoms with E-state index >= 15 is 0 Å². The number of aromatic carboxylic acids is 1. The van der Waals surface area contributed by atoms with Gasteiger partial charge in [0.25, 0.3) is 5.91 Å². The van der Waals surface area contributed by atoms with Gasteiger partial charge in [-0.1, -0.05) is 29.8 Å². The van der Waals surface area contributed by atoms with Crippen LogP contribution in [0.1, 0.15) is 26.4 Å². The predicted octanol–water partition coefficient (Wildman–Crippen LogP) is 2.39. The summed E-state index contributed by atoms with van der Waals surface area (Å²) in [4.78, 5) is 28.4. The van der Waals surface area contributed by atoms with Crippen LogP contribution in [0.2, 0.25) is 0 Å². The Morgan fingerprint density at radius 1 is 1.07 bits per heavy atom. The highest BCUT2D eigenvalue weighted by atomic mass is 16.4. The summed E-state index contributed by atoms with van der Waals surface area (Å²) in [6.07, 6.45) is 4.31. The molecule has 0 aliphatic heterocycles. The first-order chi connectivity index (χ1) is 13.5. The van der Waals surface area contributed by atoms with Crippen molar-refractivity contribution in [1.29, 1.82) is 0 Å². The van der Waals surface area contributed by atoms with Crippen LogP contribution >= 0.6 is 0 Å². The molecule has 0 bridgehead atoms. The number of carboxylic acid groups (broad SMARTS) is 1. The van der Waals surface area contributed by atoms with Gasteiger partial charge in [0, 0.05) is 18.8 Å². The van der Waals surface area contributed by atoms with Gasteiger partial charge in [-0.2, -0.15) is 10.2 Å². The van der Waals surface area contributed by atoms with Gasteiger partial charge in [-0.05, 0) is 13.0 Å². The van der Waals surface area contributed by atoms with Gasteiger partial charge >= 0.3 is 5.97 Å². The van der Waals surface area contributed by atoms with Crippen molar-refractivity contribution in [1.82, 2.24) is 24.4 Å². The van der Waals surface area contributed by atoms with Crippen molar-refractivity contribution >= 4 is 23.2 Å². The Labute approximate surface area is 159 Å². The molecule has 28 heavy (non-hydrogen) atoms. The smallest absolute Gasteiger partial charge is 0.356 e. The molecule has 0 aliphatic carbocycles. The van der Waals surface area contributed by atoms with E-state index in [-0.39, 0.29) is 16.9 Å². The summed E-state index contributed by atoms with van der Waals surface area (Å²) < 4.78 is 2.77. The molecule has 0 radical (unpaired) electrons.